The minimum absolute atomic E-state index is 0.173. The van der Waals surface area contributed by atoms with E-state index in [0.717, 1.165) is 0 Å². The van der Waals surface area contributed by atoms with Crippen molar-refractivity contribution >= 4 is 41.1 Å². The molecule has 0 aliphatic carbocycles. The quantitative estimate of drug-likeness (QED) is 0.637. The molecule has 2 rings (SSSR count). The van der Waals surface area contributed by atoms with Gasteiger partial charge in [0.15, 0.2) is 6.29 Å². The standard InChI is InChI=1S/C11H7Cl3N2O/c12-4-10-7(6-17)5-16(15-10)11-2-1-8(13)3-9(11)14/h1-3,5-6H,4H2. The lowest BCUT2D eigenvalue weighted by molar-refractivity contribution is 0.112. The van der Waals surface area contributed by atoms with Crippen LogP contribution in [0.15, 0.2) is 24.4 Å². The molecule has 0 bridgehead atoms. The third-order valence-electron chi connectivity index (χ3n) is 2.23. The highest BCUT2D eigenvalue weighted by atomic mass is 35.5. The van der Waals surface area contributed by atoms with Gasteiger partial charge in [-0.1, -0.05) is 23.2 Å². The summed E-state index contributed by atoms with van der Waals surface area (Å²) in [5.74, 6) is 0.173. The van der Waals surface area contributed by atoms with E-state index in [0.29, 0.717) is 33.3 Å². The fourth-order valence-electron chi connectivity index (χ4n) is 1.42. The van der Waals surface area contributed by atoms with Crippen molar-refractivity contribution in [3.05, 3.63) is 45.7 Å². The Bertz CT molecular complexity index is 566. The van der Waals surface area contributed by atoms with Gasteiger partial charge < -0.3 is 0 Å². The summed E-state index contributed by atoms with van der Waals surface area (Å²) in [6.45, 7) is 0. The number of aldehydes is 1. The first-order valence-electron chi connectivity index (χ1n) is 4.71. The molecule has 17 heavy (non-hydrogen) atoms. The number of halogens is 3. The number of carbonyl (C=O) groups excluding carboxylic acids is 1. The van der Waals surface area contributed by atoms with E-state index < -0.39 is 0 Å². The molecule has 0 aliphatic rings. The van der Waals surface area contributed by atoms with Crippen LogP contribution in [-0.4, -0.2) is 16.1 Å². The number of hydrogen-bond acceptors (Lipinski definition) is 2. The summed E-state index contributed by atoms with van der Waals surface area (Å²) < 4.78 is 1.51. The maximum Gasteiger partial charge on any atom is 0.153 e. The van der Waals surface area contributed by atoms with Crippen LogP contribution in [0.1, 0.15) is 16.1 Å². The van der Waals surface area contributed by atoms with Crippen LogP contribution in [-0.2, 0) is 5.88 Å². The van der Waals surface area contributed by atoms with Gasteiger partial charge in [-0.2, -0.15) is 5.10 Å². The van der Waals surface area contributed by atoms with Crippen LogP contribution in [0, 0.1) is 0 Å². The number of benzene rings is 1. The Morgan fingerprint density at radius 2 is 2.12 bits per heavy atom. The molecule has 1 aromatic heterocycles. The van der Waals surface area contributed by atoms with E-state index in [4.69, 9.17) is 34.8 Å². The van der Waals surface area contributed by atoms with Gasteiger partial charge in [0.25, 0.3) is 0 Å². The third-order valence-corrected chi connectivity index (χ3v) is 3.02. The summed E-state index contributed by atoms with van der Waals surface area (Å²) in [5.41, 5.74) is 1.62. The van der Waals surface area contributed by atoms with Crippen molar-refractivity contribution in [1.82, 2.24) is 9.78 Å². The Morgan fingerprint density at radius 1 is 1.35 bits per heavy atom. The van der Waals surface area contributed by atoms with Gasteiger partial charge in [0.2, 0.25) is 0 Å². The molecule has 0 saturated heterocycles. The van der Waals surface area contributed by atoms with Gasteiger partial charge in [-0.3, -0.25) is 4.79 Å². The average molecular weight is 290 g/mol. The summed E-state index contributed by atoms with van der Waals surface area (Å²) in [5, 5.41) is 5.18. The van der Waals surface area contributed by atoms with Crippen molar-refractivity contribution in [3.8, 4) is 5.69 Å². The van der Waals surface area contributed by atoms with Crippen molar-refractivity contribution in [2.75, 3.05) is 0 Å². The first kappa shape index (κ1) is 12.4. The van der Waals surface area contributed by atoms with Crippen molar-refractivity contribution in [2.45, 2.75) is 5.88 Å². The maximum atomic E-state index is 10.8. The topological polar surface area (TPSA) is 34.9 Å². The molecule has 1 heterocycles. The molecule has 0 amide bonds. The molecular formula is C11H7Cl3N2O. The molecule has 0 aliphatic heterocycles. The van der Waals surface area contributed by atoms with E-state index in [-0.39, 0.29) is 5.88 Å². The second-order valence-electron chi connectivity index (χ2n) is 3.32. The molecule has 0 saturated carbocycles. The predicted molar refractivity (Wildman–Crippen MR) is 68.5 cm³/mol. The van der Waals surface area contributed by atoms with Crippen molar-refractivity contribution in [2.24, 2.45) is 0 Å². The van der Waals surface area contributed by atoms with Crippen LogP contribution in [0.4, 0.5) is 0 Å². The number of nitrogens with zero attached hydrogens (tertiary/aromatic N) is 2. The minimum atomic E-state index is 0.173. The summed E-state index contributed by atoms with van der Waals surface area (Å²) in [6, 6.07) is 5.04. The molecule has 0 radical (unpaired) electrons. The molecule has 88 valence electrons. The minimum Gasteiger partial charge on any atom is -0.298 e. The van der Waals surface area contributed by atoms with Gasteiger partial charge in [0.05, 0.1) is 27.8 Å². The lowest BCUT2D eigenvalue weighted by Crippen LogP contribution is -1.96. The normalized spacial score (nSPS) is 10.5. The first-order valence-corrected chi connectivity index (χ1v) is 6.00. The number of alkyl halides is 1. The van der Waals surface area contributed by atoms with Gasteiger partial charge in [0.1, 0.15) is 0 Å². The van der Waals surface area contributed by atoms with E-state index in [1.54, 1.807) is 24.4 Å². The molecule has 6 heteroatoms. The predicted octanol–water partition coefficient (Wildman–Crippen LogP) is 3.73. The summed E-state index contributed by atoms with van der Waals surface area (Å²) in [4.78, 5) is 10.8. The van der Waals surface area contributed by atoms with Crippen LogP contribution in [0.2, 0.25) is 10.0 Å². The van der Waals surface area contributed by atoms with Crippen molar-refractivity contribution < 1.29 is 4.79 Å². The highest BCUT2D eigenvalue weighted by Crippen LogP contribution is 2.24. The molecule has 1 aromatic carbocycles. The Morgan fingerprint density at radius 3 is 2.65 bits per heavy atom. The van der Waals surface area contributed by atoms with E-state index >= 15 is 0 Å². The fraction of sp³-hybridized carbons (Fsp3) is 0.0909. The van der Waals surface area contributed by atoms with Gasteiger partial charge >= 0.3 is 0 Å². The molecule has 0 unspecified atom stereocenters. The zero-order chi connectivity index (χ0) is 12.4. The van der Waals surface area contributed by atoms with Crippen LogP contribution < -0.4 is 0 Å². The third kappa shape index (κ3) is 2.46. The SMILES string of the molecule is O=Cc1cn(-c2ccc(Cl)cc2Cl)nc1CCl. The summed E-state index contributed by atoms with van der Waals surface area (Å²) in [6.07, 6.45) is 2.30. The molecule has 0 spiro atoms. The maximum absolute atomic E-state index is 10.8. The monoisotopic (exact) mass is 288 g/mol. The van der Waals surface area contributed by atoms with E-state index in [1.165, 1.54) is 4.68 Å². The largest absolute Gasteiger partial charge is 0.298 e. The Balaban J connectivity index is 2.52. The highest BCUT2D eigenvalue weighted by Gasteiger charge is 2.10. The number of hydrogen-bond donors (Lipinski definition) is 0. The van der Waals surface area contributed by atoms with Crippen LogP contribution >= 0.6 is 34.8 Å². The first-order chi connectivity index (χ1) is 8.15. The molecule has 2 aromatic rings. The summed E-state index contributed by atoms with van der Waals surface area (Å²) in [7, 11) is 0. The van der Waals surface area contributed by atoms with Crippen LogP contribution in [0.5, 0.6) is 0 Å². The molecular weight excluding hydrogens is 282 g/mol. The fourth-order valence-corrected chi connectivity index (χ4v) is 2.12. The lowest BCUT2D eigenvalue weighted by Gasteiger charge is -2.03. The number of aromatic nitrogens is 2. The Labute approximate surface area is 113 Å². The second-order valence-corrected chi connectivity index (χ2v) is 4.43. The van der Waals surface area contributed by atoms with Gasteiger partial charge in [-0.15, -0.1) is 11.6 Å². The molecule has 0 fully saturated rings. The smallest absolute Gasteiger partial charge is 0.153 e. The second kappa shape index (κ2) is 5.08. The highest BCUT2D eigenvalue weighted by molar-refractivity contribution is 6.35. The number of carbonyl (C=O) groups is 1. The Kier molecular flexibility index (Phi) is 3.72. The van der Waals surface area contributed by atoms with Gasteiger partial charge in [-0.05, 0) is 18.2 Å². The molecule has 0 N–H and O–H groups in total. The van der Waals surface area contributed by atoms with Crippen LogP contribution in [0.3, 0.4) is 0 Å². The number of rotatable bonds is 3. The zero-order valence-electron chi connectivity index (χ0n) is 8.53. The average Bonchev–Trinajstić information content (AvgIpc) is 2.72. The zero-order valence-corrected chi connectivity index (χ0v) is 10.8. The van der Waals surface area contributed by atoms with E-state index in [1.807, 2.05) is 0 Å². The van der Waals surface area contributed by atoms with Gasteiger partial charge in [-0.25, -0.2) is 4.68 Å². The molecule has 3 nitrogen and oxygen atoms in total. The molecule has 0 atom stereocenters. The Hall–Kier alpha value is -1.03. The van der Waals surface area contributed by atoms with Gasteiger partial charge in [0, 0.05) is 11.2 Å². The van der Waals surface area contributed by atoms with Crippen LogP contribution in [0.25, 0.3) is 5.69 Å². The van der Waals surface area contributed by atoms with E-state index in [2.05, 4.69) is 5.10 Å². The van der Waals surface area contributed by atoms with E-state index in [9.17, 15) is 4.79 Å². The van der Waals surface area contributed by atoms with Crippen molar-refractivity contribution in [3.63, 3.8) is 0 Å². The summed E-state index contributed by atoms with van der Waals surface area (Å²) >= 11 is 17.5. The van der Waals surface area contributed by atoms with Crippen molar-refractivity contribution in [1.29, 1.82) is 0 Å². The lowest BCUT2D eigenvalue weighted by atomic mass is 10.3.